The van der Waals surface area contributed by atoms with Gasteiger partial charge in [0.05, 0.1) is 10.0 Å². The molecule has 2 rings (SSSR count). The third-order valence-electron chi connectivity index (χ3n) is 2.16. The van der Waals surface area contributed by atoms with Gasteiger partial charge in [0.25, 0.3) is 0 Å². The van der Waals surface area contributed by atoms with Gasteiger partial charge in [-0.1, -0.05) is 35.3 Å². The number of benzene rings is 1. The Morgan fingerprint density at radius 3 is 2.47 bits per heavy atom. The maximum atomic E-state index is 10.7. The van der Waals surface area contributed by atoms with Crippen molar-refractivity contribution in [3.63, 3.8) is 0 Å². The molecule has 0 aliphatic carbocycles. The van der Waals surface area contributed by atoms with Crippen molar-refractivity contribution in [3.8, 4) is 11.3 Å². The zero-order valence-corrected chi connectivity index (χ0v) is 10.7. The Morgan fingerprint density at radius 2 is 1.88 bits per heavy atom. The van der Waals surface area contributed by atoms with Gasteiger partial charge in [-0.25, -0.2) is 4.79 Å². The Balaban J connectivity index is 0.00000144. The van der Waals surface area contributed by atoms with Crippen LogP contribution in [-0.2, 0) is 0 Å². The van der Waals surface area contributed by atoms with Gasteiger partial charge < -0.3 is 10.1 Å². The molecule has 0 unspecified atom stereocenters. The van der Waals surface area contributed by atoms with Crippen molar-refractivity contribution in [2.24, 2.45) is 0 Å². The number of hydrogen-bond donors (Lipinski definition) is 2. The Morgan fingerprint density at radius 1 is 1.18 bits per heavy atom. The fourth-order valence-electron chi connectivity index (χ4n) is 1.39. The summed E-state index contributed by atoms with van der Waals surface area (Å²) >= 11 is 11.9. The third-order valence-corrected chi connectivity index (χ3v) is 2.98. The number of H-pyrrole nitrogens is 1. The summed E-state index contributed by atoms with van der Waals surface area (Å²) in [5, 5.41) is 9.62. The molecule has 2 aromatic rings. The lowest BCUT2D eigenvalue weighted by Crippen LogP contribution is -1.95. The molecular formula is C11H8Cl3NO2. The smallest absolute Gasteiger partial charge is 0.352 e. The van der Waals surface area contributed by atoms with Crippen LogP contribution in [0.4, 0.5) is 0 Å². The lowest BCUT2D eigenvalue weighted by atomic mass is 10.1. The van der Waals surface area contributed by atoms with Crippen LogP contribution in [0.25, 0.3) is 11.3 Å². The largest absolute Gasteiger partial charge is 0.477 e. The molecule has 2 N–H and O–H groups in total. The molecule has 0 saturated carbocycles. The molecular weight excluding hydrogens is 284 g/mol. The molecule has 1 aromatic heterocycles. The van der Waals surface area contributed by atoms with E-state index in [2.05, 4.69) is 4.98 Å². The summed E-state index contributed by atoms with van der Waals surface area (Å²) in [4.78, 5) is 13.5. The Kier molecular flexibility index (Phi) is 4.46. The third kappa shape index (κ3) is 2.75. The SMILES string of the molecule is Cl.O=C(O)c1ccc(-c2cccc(Cl)c2Cl)[nH]1. The second-order valence-corrected chi connectivity index (χ2v) is 3.98. The summed E-state index contributed by atoms with van der Waals surface area (Å²) < 4.78 is 0. The Bertz CT molecular complexity index is 551. The van der Waals surface area contributed by atoms with Crippen molar-refractivity contribution in [2.75, 3.05) is 0 Å². The van der Waals surface area contributed by atoms with E-state index in [0.29, 0.717) is 21.3 Å². The molecule has 1 heterocycles. The van der Waals surface area contributed by atoms with Crippen LogP contribution >= 0.6 is 35.6 Å². The highest BCUT2D eigenvalue weighted by Crippen LogP contribution is 2.32. The molecule has 0 aliphatic heterocycles. The van der Waals surface area contributed by atoms with Gasteiger partial charge in [-0.2, -0.15) is 0 Å². The molecule has 0 aliphatic rings. The number of rotatable bonds is 2. The van der Waals surface area contributed by atoms with E-state index in [-0.39, 0.29) is 18.1 Å². The van der Waals surface area contributed by atoms with Crippen LogP contribution in [-0.4, -0.2) is 16.1 Å². The van der Waals surface area contributed by atoms with Gasteiger partial charge in [0.15, 0.2) is 0 Å². The molecule has 0 saturated heterocycles. The first-order valence-electron chi connectivity index (χ1n) is 4.46. The van der Waals surface area contributed by atoms with E-state index in [1.165, 1.54) is 6.07 Å². The predicted octanol–water partition coefficient (Wildman–Crippen LogP) is 4.11. The summed E-state index contributed by atoms with van der Waals surface area (Å²) in [5.74, 6) is -1.01. The molecule has 0 spiro atoms. The van der Waals surface area contributed by atoms with Crippen molar-refractivity contribution in [1.82, 2.24) is 4.98 Å². The van der Waals surface area contributed by atoms with Gasteiger partial charge in [-0.15, -0.1) is 12.4 Å². The van der Waals surface area contributed by atoms with E-state index in [4.69, 9.17) is 28.3 Å². The minimum Gasteiger partial charge on any atom is -0.477 e. The fourth-order valence-corrected chi connectivity index (χ4v) is 1.79. The summed E-state index contributed by atoms with van der Waals surface area (Å²) in [5.41, 5.74) is 1.43. The number of aromatic carboxylic acids is 1. The van der Waals surface area contributed by atoms with Gasteiger partial charge in [-0.3, -0.25) is 0 Å². The second kappa shape index (κ2) is 5.45. The number of aromatic amines is 1. The highest BCUT2D eigenvalue weighted by atomic mass is 35.5. The zero-order chi connectivity index (χ0) is 11.7. The van der Waals surface area contributed by atoms with Crippen LogP contribution in [0.1, 0.15) is 10.5 Å². The highest BCUT2D eigenvalue weighted by molar-refractivity contribution is 6.43. The Hall–Kier alpha value is -1.16. The lowest BCUT2D eigenvalue weighted by molar-refractivity contribution is 0.0691. The first-order chi connectivity index (χ1) is 7.59. The standard InChI is InChI=1S/C11H7Cl2NO2.ClH/c12-7-3-1-2-6(10(7)13)8-4-5-9(14-8)11(15)16;/h1-5,14H,(H,15,16);1H. The van der Waals surface area contributed by atoms with Crippen LogP contribution in [0, 0.1) is 0 Å². The number of carbonyl (C=O) groups is 1. The van der Waals surface area contributed by atoms with Crippen molar-refractivity contribution >= 4 is 41.6 Å². The molecule has 0 atom stereocenters. The van der Waals surface area contributed by atoms with E-state index in [9.17, 15) is 4.79 Å². The van der Waals surface area contributed by atoms with Gasteiger partial charge in [-0.05, 0) is 18.2 Å². The van der Waals surface area contributed by atoms with E-state index in [1.54, 1.807) is 24.3 Å². The second-order valence-electron chi connectivity index (χ2n) is 3.19. The highest BCUT2D eigenvalue weighted by Gasteiger charge is 2.11. The molecule has 1 aromatic carbocycles. The molecule has 6 heteroatoms. The summed E-state index contributed by atoms with van der Waals surface area (Å²) in [7, 11) is 0. The number of hydrogen-bond acceptors (Lipinski definition) is 1. The average molecular weight is 293 g/mol. The first kappa shape index (κ1) is 13.9. The van der Waals surface area contributed by atoms with Crippen molar-refractivity contribution in [3.05, 3.63) is 46.1 Å². The van der Waals surface area contributed by atoms with Crippen LogP contribution in [0.15, 0.2) is 30.3 Å². The molecule has 0 amide bonds. The van der Waals surface area contributed by atoms with Crippen LogP contribution in [0.2, 0.25) is 10.0 Å². The monoisotopic (exact) mass is 291 g/mol. The van der Waals surface area contributed by atoms with Gasteiger partial charge in [0.1, 0.15) is 5.69 Å². The molecule has 17 heavy (non-hydrogen) atoms. The normalized spacial score (nSPS) is 9.76. The summed E-state index contributed by atoms with van der Waals surface area (Å²) in [6.07, 6.45) is 0. The van der Waals surface area contributed by atoms with E-state index >= 15 is 0 Å². The molecule has 0 radical (unpaired) electrons. The van der Waals surface area contributed by atoms with E-state index in [1.807, 2.05) is 0 Å². The number of halogens is 3. The number of carboxylic acids is 1. The van der Waals surface area contributed by atoms with Crippen LogP contribution in [0.5, 0.6) is 0 Å². The number of aromatic nitrogens is 1. The predicted molar refractivity (Wildman–Crippen MR) is 70.5 cm³/mol. The van der Waals surface area contributed by atoms with Gasteiger partial charge >= 0.3 is 5.97 Å². The summed E-state index contributed by atoms with van der Waals surface area (Å²) in [6.45, 7) is 0. The topological polar surface area (TPSA) is 53.1 Å². The molecule has 0 fully saturated rings. The van der Waals surface area contributed by atoms with Crippen molar-refractivity contribution < 1.29 is 9.90 Å². The van der Waals surface area contributed by atoms with Crippen LogP contribution < -0.4 is 0 Å². The van der Waals surface area contributed by atoms with Gasteiger partial charge in [0, 0.05) is 11.3 Å². The molecule has 90 valence electrons. The number of carboxylic acid groups (broad SMARTS) is 1. The Labute approximate surface area is 114 Å². The maximum absolute atomic E-state index is 10.7. The van der Waals surface area contributed by atoms with Crippen molar-refractivity contribution in [2.45, 2.75) is 0 Å². The lowest BCUT2D eigenvalue weighted by Gasteiger charge is -2.02. The minimum absolute atomic E-state index is 0. The van der Waals surface area contributed by atoms with Crippen molar-refractivity contribution in [1.29, 1.82) is 0 Å². The quantitative estimate of drug-likeness (QED) is 0.875. The summed E-state index contributed by atoms with van der Waals surface area (Å²) in [6, 6.07) is 8.33. The molecule has 3 nitrogen and oxygen atoms in total. The average Bonchev–Trinajstić information content (AvgIpc) is 2.71. The fraction of sp³-hybridized carbons (Fsp3) is 0. The van der Waals surface area contributed by atoms with Gasteiger partial charge in [0.2, 0.25) is 0 Å². The van der Waals surface area contributed by atoms with E-state index < -0.39 is 5.97 Å². The van der Waals surface area contributed by atoms with E-state index in [0.717, 1.165) is 0 Å². The molecule has 0 bridgehead atoms. The maximum Gasteiger partial charge on any atom is 0.352 e. The minimum atomic E-state index is -1.01. The first-order valence-corrected chi connectivity index (χ1v) is 5.22. The zero-order valence-electron chi connectivity index (χ0n) is 8.41. The van der Waals surface area contributed by atoms with Crippen LogP contribution in [0.3, 0.4) is 0 Å². The number of nitrogens with one attached hydrogen (secondary N) is 1.